The molecule has 2 aliphatic rings. The van der Waals surface area contributed by atoms with Gasteiger partial charge in [0.25, 0.3) is 0 Å². The minimum absolute atomic E-state index is 0.234. The van der Waals surface area contributed by atoms with Crippen molar-refractivity contribution in [2.75, 3.05) is 27.3 Å². The molecule has 4 heteroatoms. The van der Waals surface area contributed by atoms with Crippen LogP contribution < -0.4 is 10.1 Å². The molecule has 0 aromatic heterocycles. The van der Waals surface area contributed by atoms with E-state index in [9.17, 15) is 4.79 Å². The second-order valence-corrected chi connectivity index (χ2v) is 8.58. The van der Waals surface area contributed by atoms with Crippen molar-refractivity contribution >= 4 is 11.9 Å². The van der Waals surface area contributed by atoms with Crippen molar-refractivity contribution in [1.29, 1.82) is 0 Å². The van der Waals surface area contributed by atoms with Crippen molar-refractivity contribution in [2.45, 2.75) is 52.6 Å². The summed E-state index contributed by atoms with van der Waals surface area (Å²) in [5.74, 6) is 1.65. The molecule has 1 fully saturated rings. The highest BCUT2D eigenvalue weighted by molar-refractivity contribution is 5.80. The topological polar surface area (TPSA) is 47.6 Å². The quantitative estimate of drug-likeness (QED) is 0.775. The van der Waals surface area contributed by atoms with Gasteiger partial charge in [-0.15, -0.1) is 0 Å². The summed E-state index contributed by atoms with van der Waals surface area (Å²) in [5, 5.41) is 3.34. The van der Waals surface area contributed by atoms with E-state index in [0.29, 0.717) is 5.41 Å². The van der Waals surface area contributed by atoms with Gasteiger partial charge in [0.05, 0.1) is 0 Å². The molecule has 1 heterocycles. The Bertz CT molecular complexity index is 640. The van der Waals surface area contributed by atoms with E-state index in [0.717, 1.165) is 61.4 Å². The van der Waals surface area contributed by atoms with E-state index in [1.54, 1.807) is 14.2 Å². The van der Waals surface area contributed by atoms with Gasteiger partial charge in [-0.1, -0.05) is 26.8 Å². The second-order valence-electron chi connectivity index (χ2n) is 8.58. The number of hydrogen-bond donors (Lipinski definition) is 1. The van der Waals surface area contributed by atoms with Gasteiger partial charge in [0, 0.05) is 31.9 Å². The van der Waals surface area contributed by atoms with Gasteiger partial charge in [0.15, 0.2) is 0 Å². The molecule has 4 nitrogen and oxygen atoms in total. The maximum atomic E-state index is 11.2. The van der Waals surface area contributed by atoms with Gasteiger partial charge in [-0.3, -0.25) is 4.79 Å². The number of allylic oxidation sites excluding steroid dienone is 2. The predicted octanol–water partition coefficient (Wildman–Crippen LogP) is 4.73. The summed E-state index contributed by atoms with van der Waals surface area (Å²) < 4.78 is 10.5. The van der Waals surface area contributed by atoms with Gasteiger partial charge in [0.1, 0.15) is 18.1 Å². The van der Waals surface area contributed by atoms with E-state index in [4.69, 9.17) is 4.74 Å². The van der Waals surface area contributed by atoms with Crippen LogP contribution in [0.2, 0.25) is 0 Å². The first-order chi connectivity index (χ1) is 12.9. The van der Waals surface area contributed by atoms with Gasteiger partial charge in [-0.25, -0.2) is 0 Å². The molecule has 1 saturated heterocycles. The Morgan fingerprint density at radius 3 is 2.44 bits per heavy atom. The maximum Gasteiger partial charge on any atom is 0.150 e. The summed E-state index contributed by atoms with van der Waals surface area (Å²) >= 11 is 0. The third-order valence-electron chi connectivity index (χ3n) is 5.43. The summed E-state index contributed by atoms with van der Waals surface area (Å²) in [6.07, 6.45) is 7.93. The van der Waals surface area contributed by atoms with Crippen molar-refractivity contribution in [3.05, 3.63) is 35.4 Å². The minimum atomic E-state index is 0.234. The van der Waals surface area contributed by atoms with Crippen molar-refractivity contribution in [2.24, 2.45) is 11.3 Å². The molecule has 0 bridgehead atoms. The number of methoxy groups -OCH3 is 1. The lowest BCUT2D eigenvalue weighted by atomic mass is 9.72. The summed E-state index contributed by atoms with van der Waals surface area (Å²) in [6, 6.07) is 5.82. The monoisotopic (exact) mass is 373 g/mol. The number of hydrogen-bond acceptors (Lipinski definition) is 4. The molecular weight excluding hydrogens is 338 g/mol. The molecule has 0 amide bonds. The number of nitrogens with one attached hydrogen (secondary N) is 1. The molecule has 3 rings (SSSR count). The molecule has 27 heavy (non-hydrogen) atoms. The number of benzene rings is 1. The Hall–Kier alpha value is -1.65. The highest BCUT2D eigenvalue weighted by Crippen LogP contribution is 2.41. The van der Waals surface area contributed by atoms with Crippen LogP contribution in [-0.4, -0.2) is 39.7 Å². The SMILES string of the molecule is CC(C)(C)C1CC=C(c2cc(C=O)ccc2OC2CCNC2)CC1.COC. The molecule has 0 radical (unpaired) electrons. The first kappa shape index (κ1) is 21.6. The Morgan fingerprint density at radius 2 is 1.93 bits per heavy atom. The van der Waals surface area contributed by atoms with E-state index in [-0.39, 0.29) is 6.10 Å². The van der Waals surface area contributed by atoms with E-state index in [1.165, 1.54) is 12.0 Å². The molecule has 1 N–H and O–H groups in total. The molecule has 0 spiro atoms. The van der Waals surface area contributed by atoms with Crippen LogP contribution in [0.15, 0.2) is 24.3 Å². The largest absolute Gasteiger partial charge is 0.488 e. The lowest BCUT2D eigenvalue weighted by Gasteiger charge is -2.33. The third-order valence-corrected chi connectivity index (χ3v) is 5.43. The second kappa shape index (κ2) is 10.0. The molecule has 2 atom stereocenters. The summed E-state index contributed by atoms with van der Waals surface area (Å²) in [4.78, 5) is 11.2. The van der Waals surface area contributed by atoms with Crippen LogP contribution in [0.1, 0.15) is 62.4 Å². The fourth-order valence-corrected chi connectivity index (χ4v) is 3.75. The molecular formula is C23H35NO3. The van der Waals surface area contributed by atoms with Crippen LogP contribution in [0.3, 0.4) is 0 Å². The molecule has 1 aromatic rings. The Labute approximate surface area is 164 Å². The smallest absolute Gasteiger partial charge is 0.150 e. The molecule has 0 saturated carbocycles. The molecule has 1 aliphatic heterocycles. The van der Waals surface area contributed by atoms with E-state index >= 15 is 0 Å². The third kappa shape index (κ3) is 6.18. The number of carbonyl (C=O) groups excluding carboxylic acids is 1. The fourth-order valence-electron chi connectivity index (χ4n) is 3.75. The van der Waals surface area contributed by atoms with E-state index < -0.39 is 0 Å². The zero-order chi connectivity index (χ0) is 19.9. The van der Waals surface area contributed by atoms with Crippen LogP contribution in [0, 0.1) is 11.3 Å². The lowest BCUT2D eigenvalue weighted by molar-refractivity contribution is 0.112. The standard InChI is InChI=1S/C21H29NO2.C2H6O/c1-21(2,3)17-7-5-16(6-8-17)19-12-15(14-23)4-9-20(19)24-18-10-11-22-13-18;1-3-2/h4-5,9,12,14,17-18,22H,6-8,10-11,13H2,1-3H3;1-2H3. The lowest BCUT2D eigenvalue weighted by Crippen LogP contribution is -2.22. The highest BCUT2D eigenvalue weighted by Gasteiger charge is 2.27. The van der Waals surface area contributed by atoms with E-state index in [1.807, 2.05) is 18.2 Å². The van der Waals surface area contributed by atoms with Crippen molar-refractivity contribution in [3.63, 3.8) is 0 Å². The summed E-state index contributed by atoms with van der Waals surface area (Å²) in [6.45, 7) is 8.89. The zero-order valence-electron chi connectivity index (χ0n) is 17.5. The fraction of sp³-hybridized carbons (Fsp3) is 0.609. The number of aldehydes is 1. The molecule has 1 aromatic carbocycles. The predicted molar refractivity (Wildman–Crippen MR) is 111 cm³/mol. The van der Waals surface area contributed by atoms with Crippen LogP contribution in [-0.2, 0) is 4.74 Å². The van der Waals surface area contributed by atoms with Crippen molar-refractivity contribution in [1.82, 2.24) is 5.32 Å². The average Bonchev–Trinajstić information content (AvgIpc) is 3.15. The van der Waals surface area contributed by atoms with Crippen LogP contribution >= 0.6 is 0 Å². The van der Waals surface area contributed by atoms with Gasteiger partial charge in [-0.2, -0.15) is 0 Å². The maximum absolute atomic E-state index is 11.2. The molecule has 1 aliphatic carbocycles. The summed E-state index contributed by atoms with van der Waals surface area (Å²) in [5.41, 5.74) is 3.52. The van der Waals surface area contributed by atoms with Gasteiger partial charge >= 0.3 is 0 Å². The number of ether oxygens (including phenoxy) is 2. The normalized spacial score (nSPS) is 22.5. The van der Waals surface area contributed by atoms with Crippen molar-refractivity contribution < 1.29 is 14.3 Å². The minimum Gasteiger partial charge on any atom is -0.488 e. The first-order valence-corrected chi connectivity index (χ1v) is 9.95. The highest BCUT2D eigenvalue weighted by atomic mass is 16.5. The van der Waals surface area contributed by atoms with Crippen LogP contribution in [0.25, 0.3) is 5.57 Å². The van der Waals surface area contributed by atoms with Gasteiger partial charge in [0.2, 0.25) is 0 Å². The average molecular weight is 374 g/mol. The number of carbonyl (C=O) groups is 1. The van der Waals surface area contributed by atoms with Crippen molar-refractivity contribution in [3.8, 4) is 5.75 Å². The zero-order valence-corrected chi connectivity index (χ0v) is 17.5. The van der Waals surface area contributed by atoms with Gasteiger partial charge < -0.3 is 14.8 Å². The summed E-state index contributed by atoms with van der Waals surface area (Å²) in [7, 11) is 3.25. The van der Waals surface area contributed by atoms with Gasteiger partial charge in [-0.05, 0) is 67.3 Å². The molecule has 150 valence electrons. The first-order valence-electron chi connectivity index (χ1n) is 9.95. The Kier molecular flexibility index (Phi) is 8.06. The molecule has 2 unspecified atom stereocenters. The Morgan fingerprint density at radius 1 is 1.19 bits per heavy atom. The Balaban J connectivity index is 0.000000817. The van der Waals surface area contributed by atoms with E-state index in [2.05, 4.69) is 36.9 Å². The van der Waals surface area contributed by atoms with Crippen LogP contribution in [0.5, 0.6) is 5.75 Å². The van der Waals surface area contributed by atoms with Crippen LogP contribution in [0.4, 0.5) is 0 Å². The number of rotatable bonds is 4.